The number of nitrogens with one attached hydrogen (secondary N) is 1. The molecule has 6 nitrogen and oxygen atoms in total. The molecule has 2 aliphatic heterocycles. The van der Waals surface area contributed by atoms with Gasteiger partial charge < -0.3 is 19.9 Å². The Hall–Kier alpha value is -2.86. The summed E-state index contributed by atoms with van der Waals surface area (Å²) >= 11 is 0. The monoisotopic (exact) mass is 393 g/mol. The van der Waals surface area contributed by atoms with Gasteiger partial charge in [-0.25, -0.2) is 4.79 Å². The number of ether oxygens (including phenoxy) is 2. The van der Waals surface area contributed by atoms with E-state index in [0.717, 1.165) is 24.0 Å². The van der Waals surface area contributed by atoms with E-state index in [1.165, 1.54) is 11.1 Å². The Morgan fingerprint density at radius 2 is 1.72 bits per heavy atom. The third-order valence-corrected chi connectivity index (χ3v) is 6.63. The zero-order valence-electron chi connectivity index (χ0n) is 16.0. The van der Waals surface area contributed by atoms with Gasteiger partial charge in [-0.3, -0.25) is 4.79 Å². The van der Waals surface area contributed by atoms with Crippen molar-refractivity contribution in [2.24, 2.45) is 5.41 Å². The Morgan fingerprint density at radius 1 is 1.07 bits per heavy atom. The van der Waals surface area contributed by atoms with Crippen molar-refractivity contribution < 1.29 is 24.2 Å². The van der Waals surface area contributed by atoms with Crippen LogP contribution in [0.25, 0.3) is 11.1 Å². The van der Waals surface area contributed by atoms with Gasteiger partial charge in [0.25, 0.3) is 0 Å². The molecule has 29 heavy (non-hydrogen) atoms. The fourth-order valence-electron chi connectivity index (χ4n) is 5.17. The molecule has 3 atom stereocenters. The average Bonchev–Trinajstić information content (AvgIpc) is 3.43. The van der Waals surface area contributed by atoms with E-state index in [4.69, 9.17) is 9.47 Å². The highest BCUT2D eigenvalue weighted by molar-refractivity contribution is 5.79. The summed E-state index contributed by atoms with van der Waals surface area (Å²) in [4.78, 5) is 24.3. The number of hydrogen-bond donors (Lipinski definition) is 2. The first-order valence-corrected chi connectivity index (χ1v) is 10.1. The number of carboxylic acids is 1. The van der Waals surface area contributed by atoms with Crippen molar-refractivity contribution in [3.05, 3.63) is 59.7 Å². The second kappa shape index (κ2) is 6.88. The van der Waals surface area contributed by atoms with Crippen molar-refractivity contribution >= 4 is 12.1 Å². The maximum atomic E-state index is 12.4. The molecule has 150 valence electrons. The lowest BCUT2D eigenvalue weighted by Gasteiger charge is -2.30. The molecular formula is C23H23NO5. The van der Waals surface area contributed by atoms with E-state index in [1.54, 1.807) is 0 Å². The lowest BCUT2D eigenvalue weighted by atomic mass is 9.74. The molecule has 2 fully saturated rings. The summed E-state index contributed by atoms with van der Waals surface area (Å²) in [5.74, 6) is -0.934. The van der Waals surface area contributed by atoms with Crippen LogP contribution in [0.1, 0.15) is 36.3 Å². The molecule has 0 radical (unpaired) electrons. The molecule has 0 unspecified atom stereocenters. The molecule has 0 spiro atoms. The van der Waals surface area contributed by atoms with Crippen LogP contribution in [0.4, 0.5) is 4.79 Å². The molecule has 2 N–H and O–H groups in total. The first-order chi connectivity index (χ1) is 14.1. The largest absolute Gasteiger partial charge is 0.481 e. The standard InChI is InChI=1S/C23H23NO5/c25-21(26)23(11-14-9-10-20(23)29-14)13-24-22(27)28-12-19-17-7-3-1-5-15(17)16-6-2-4-8-18(16)19/h1-8,14,19-20H,9-13H2,(H,24,27)(H,25,26)/t14-,20+,23-/m0/s1. The highest BCUT2D eigenvalue weighted by atomic mass is 16.5. The maximum absolute atomic E-state index is 12.4. The van der Waals surface area contributed by atoms with Crippen molar-refractivity contribution in [2.45, 2.75) is 37.4 Å². The van der Waals surface area contributed by atoms with Crippen LogP contribution in [-0.2, 0) is 14.3 Å². The van der Waals surface area contributed by atoms with Crippen LogP contribution in [0.2, 0.25) is 0 Å². The molecule has 0 saturated carbocycles. The smallest absolute Gasteiger partial charge is 0.407 e. The molecule has 2 bridgehead atoms. The second-order valence-electron chi connectivity index (χ2n) is 8.17. The summed E-state index contributed by atoms with van der Waals surface area (Å²) in [5.41, 5.74) is 3.58. The van der Waals surface area contributed by atoms with Gasteiger partial charge in [0.2, 0.25) is 0 Å². The minimum absolute atomic E-state index is 0.0135. The summed E-state index contributed by atoms with van der Waals surface area (Å²) in [5, 5.41) is 12.4. The fourth-order valence-corrected chi connectivity index (χ4v) is 5.17. The van der Waals surface area contributed by atoms with Crippen molar-refractivity contribution in [3.63, 3.8) is 0 Å². The third-order valence-electron chi connectivity index (χ3n) is 6.63. The van der Waals surface area contributed by atoms with Gasteiger partial charge in [-0.2, -0.15) is 0 Å². The van der Waals surface area contributed by atoms with Gasteiger partial charge in [-0.15, -0.1) is 0 Å². The number of aliphatic carboxylic acids is 1. The predicted molar refractivity (Wildman–Crippen MR) is 106 cm³/mol. The maximum Gasteiger partial charge on any atom is 0.407 e. The number of benzene rings is 2. The van der Waals surface area contributed by atoms with Crippen LogP contribution in [0.3, 0.4) is 0 Å². The van der Waals surface area contributed by atoms with Crippen LogP contribution in [0, 0.1) is 5.41 Å². The number of carbonyl (C=O) groups excluding carboxylic acids is 1. The van der Waals surface area contributed by atoms with Crippen LogP contribution < -0.4 is 5.32 Å². The summed E-state index contributed by atoms with van der Waals surface area (Å²) < 4.78 is 11.2. The lowest BCUT2D eigenvalue weighted by Crippen LogP contribution is -2.49. The van der Waals surface area contributed by atoms with E-state index < -0.39 is 17.5 Å². The van der Waals surface area contributed by atoms with E-state index in [1.807, 2.05) is 24.3 Å². The van der Waals surface area contributed by atoms with Gasteiger partial charge in [0.1, 0.15) is 12.0 Å². The minimum atomic E-state index is -1.05. The van der Waals surface area contributed by atoms with Gasteiger partial charge in [-0.1, -0.05) is 48.5 Å². The van der Waals surface area contributed by atoms with Crippen molar-refractivity contribution in [2.75, 3.05) is 13.2 Å². The molecule has 2 saturated heterocycles. The molecule has 1 amide bonds. The fraction of sp³-hybridized carbons (Fsp3) is 0.391. The van der Waals surface area contributed by atoms with Crippen LogP contribution >= 0.6 is 0 Å². The number of amides is 1. The van der Waals surface area contributed by atoms with Gasteiger partial charge in [0.05, 0.1) is 12.2 Å². The van der Waals surface area contributed by atoms with Crippen LogP contribution in [0.15, 0.2) is 48.5 Å². The topological polar surface area (TPSA) is 84.9 Å². The molecule has 5 rings (SSSR count). The molecule has 3 aliphatic rings. The van der Waals surface area contributed by atoms with Crippen molar-refractivity contribution in [1.29, 1.82) is 0 Å². The summed E-state index contributed by atoms with van der Waals surface area (Å²) in [7, 11) is 0. The highest BCUT2D eigenvalue weighted by Crippen LogP contribution is 2.48. The second-order valence-corrected chi connectivity index (χ2v) is 8.17. The molecule has 2 heterocycles. The zero-order valence-corrected chi connectivity index (χ0v) is 16.0. The summed E-state index contributed by atoms with van der Waals surface area (Å²) in [6.45, 7) is 0.239. The molecular weight excluding hydrogens is 370 g/mol. The summed E-state index contributed by atoms with van der Waals surface area (Å²) in [6, 6.07) is 16.3. The van der Waals surface area contributed by atoms with Crippen molar-refractivity contribution in [1.82, 2.24) is 5.32 Å². The number of hydrogen-bond acceptors (Lipinski definition) is 4. The summed E-state index contributed by atoms with van der Waals surface area (Å²) in [6.07, 6.45) is 1.12. The van der Waals surface area contributed by atoms with E-state index in [2.05, 4.69) is 29.6 Å². The van der Waals surface area contributed by atoms with Crippen LogP contribution in [-0.4, -0.2) is 42.5 Å². The van der Waals surface area contributed by atoms with Gasteiger partial charge in [0, 0.05) is 12.5 Å². The lowest BCUT2D eigenvalue weighted by molar-refractivity contribution is -0.151. The third kappa shape index (κ3) is 2.90. The molecule has 0 aromatic heterocycles. The Morgan fingerprint density at radius 3 is 2.28 bits per heavy atom. The van der Waals surface area contributed by atoms with Crippen molar-refractivity contribution in [3.8, 4) is 11.1 Å². The van der Waals surface area contributed by atoms with Gasteiger partial charge in [0.15, 0.2) is 0 Å². The Balaban J connectivity index is 1.25. The Bertz CT molecular complexity index is 928. The normalized spacial score (nSPS) is 26.8. The number of alkyl carbamates (subject to hydrolysis) is 1. The highest BCUT2D eigenvalue weighted by Gasteiger charge is 2.57. The SMILES string of the molecule is O=C(NC[C@@]1(C(=O)O)C[C@@H]2CC[C@H]1O2)OCC1c2ccccc2-c2ccccc21. The number of carbonyl (C=O) groups is 2. The van der Waals surface area contributed by atoms with Gasteiger partial charge in [-0.05, 0) is 41.5 Å². The Labute approximate surface area is 168 Å². The molecule has 6 heteroatoms. The minimum Gasteiger partial charge on any atom is -0.481 e. The zero-order chi connectivity index (χ0) is 20.0. The molecule has 2 aromatic carbocycles. The van der Waals surface area contributed by atoms with Gasteiger partial charge >= 0.3 is 12.1 Å². The van der Waals surface area contributed by atoms with E-state index in [-0.39, 0.29) is 31.3 Å². The Kier molecular flexibility index (Phi) is 4.32. The number of fused-ring (bicyclic) bond motifs is 5. The first-order valence-electron chi connectivity index (χ1n) is 10.1. The van der Waals surface area contributed by atoms with E-state index >= 15 is 0 Å². The quantitative estimate of drug-likeness (QED) is 0.812. The van der Waals surface area contributed by atoms with E-state index in [9.17, 15) is 14.7 Å². The molecule has 1 aliphatic carbocycles. The van der Waals surface area contributed by atoms with E-state index in [0.29, 0.717) is 6.42 Å². The number of rotatable bonds is 5. The number of carboxylic acid groups (broad SMARTS) is 1. The van der Waals surface area contributed by atoms with Crippen LogP contribution in [0.5, 0.6) is 0 Å². The predicted octanol–water partition coefficient (Wildman–Crippen LogP) is 3.55. The average molecular weight is 393 g/mol. The first kappa shape index (κ1) is 18.2. The molecule has 2 aromatic rings.